The van der Waals surface area contributed by atoms with Crippen LogP contribution in [0.25, 0.3) is 10.9 Å². The van der Waals surface area contributed by atoms with E-state index in [1.807, 2.05) is 32.0 Å². The van der Waals surface area contributed by atoms with E-state index < -0.39 is 5.97 Å². The lowest BCUT2D eigenvalue weighted by atomic mass is 10.1. The molecule has 1 aromatic heterocycles. The summed E-state index contributed by atoms with van der Waals surface area (Å²) in [5.41, 5.74) is 2.73. The molecule has 0 atom stereocenters. The maximum Gasteiger partial charge on any atom is 0.311 e. The molecule has 0 aliphatic carbocycles. The van der Waals surface area contributed by atoms with Gasteiger partial charge in [0.25, 0.3) is 0 Å². The molecule has 4 heteroatoms. The van der Waals surface area contributed by atoms with Crippen LogP contribution in [0.15, 0.2) is 18.2 Å². The molecular formula is C12H12N2O2. The average Bonchev–Trinajstić information content (AvgIpc) is 2.15. The molecule has 82 valence electrons. The predicted octanol–water partition coefficient (Wildman–Crippen LogP) is 1.87. The second kappa shape index (κ2) is 3.89. The van der Waals surface area contributed by atoms with E-state index in [1.165, 1.54) is 0 Å². The van der Waals surface area contributed by atoms with E-state index in [0.717, 1.165) is 22.2 Å². The molecule has 1 heterocycles. The first-order chi connectivity index (χ1) is 7.56. The number of fused-ring (bicyclic) bond motifs is 1. The van der Waals surface area contributed by atoms with Gasteiger partial charge in [-0.2, -0.15) is 0 Å². The number of carboxylic acid groups (broad SMARTS) is 1. The molecule has 4 nitrogen and oxygen atoms in total. The molecule has 0 spiro atoms. The Kier molecular flexibility index (Phi) is 2.56. The Bertz CT molecular complexity index is 564. The third-order valence-corrected chi connectivity index (χ3v) is 2.40. The summed E-state index contributed by atoms with van der Waals surface area (Å²) in [6.07, 6.45) is -0.134. The van der Waals surface area contributed by atoms with Crippen molar-refractivity contribution in [2.75, 3.05) is 0 Å². The number of carbonyl (C=O) groups is 1. The van der Waals surface area contributed by atoms with Crippen LogP contribution in [0.2, 0.25) is 0 Å². The number of hydrogen-bond donors (Lipinski definition) is 1. The van der Waals surface area contributed by atoms with E-state index in [9.17, 15) is 4.79 Å². The molecular weight excluding hydrogens is 204 g/mol. The Morgan fingerprint density at radius 3 is 2.75 bits per heavy atom. The lowest BCUT2D eigenvalue weighted by molar-refractivity contribution is -0.136. The minimum atomic E-state index is -0.911. The van der Waals surface area contributed by atoms with E-state index in [4.69, 9.17) is 5.11 Å². The normalized spacial score (nSPS) is 10.6. The Morgan fingerprint density at radius 1 is 1.31 bits per heavy atom. The van der Waals surface area contributed by atoms with Crippen LogP contribution in [0.4, 0.5) is 0 Å². The van der Waals surface area contributed by atoms with Crippen molar-refractivity contribution in [3.05, 3.63) is 35.3 Å². The minimum Gasteiger partial charge on any atom is -0.481 e. The number of hydrogen-bond acceptors (Lipinski definition) is 3. The van der Waals surface area contributed by atoms with Crippen molar-refractivity contribution in [1.29, 1.82) is 0 Å². The molecule has 0 unspecified atom stereocenters. The molecule has 0 saturated heterocycles. The molecule has 0 aliphatic rings. The number of carboxylic acids is 1. The summed E-state index contributed by atoms with van der Waals surface area (Å²) >= 11 is 0. The van der Waals surface area contributed by atoms with Gasteiger partial charge >= 0.3 is 5.97 Å². The average molecular weight is 216 g/mol. The standard InChI is InChI=1S/C12H12N2O2/c1-7-3-4-9-8(2)13-11(6-12(15)16)14-10(9)5-7/h3-5H,6H2,1-2H3,(H,15,16). The molecule has 2 rings (SSSR count). The maximum atomic E-state index is 10.6. The van der Waals surface area contributed by atoms with Crippen molar-refractivity contribution < 1.29 is 9.90 Å². The highest BCUT2D eigenvalue weighted by atomic mass is 16.4. The van der Waals surface area contributed by atoms with Gasteiger partial charge in [-0.05, 0) is 25.5 Å². The van der Waals surface area contributed by atoms with Gasteiger partial charge < -0.3 is 5.11 Å². The van der Waals surface area contributed by atoms with Crippen LogP contribution in [-0.4, -0.2) is 21.0 Å². The number of benzene rings is 1. The van der Waals surface area contributed by atoms with Gasteiger partial charge in [-0.25, -0.2) is 9.97 Å². The van der Waals surface area contributed by atoms with Crippen LogP contribution in [0.1, 0.15) is 17.1 Å². The molecule has 0 fully saturated rings. The zero-order valence-electron chi connectivity index (χ0n) is 9.19. The summed E-state index contributed by atoms with van der Waals surface area (Å²) in [4.78, 5) is 19.0. The lowest BCUT2D eigenvalue weighted by Crippen LogP contribution is -2.06. The monoisotopic (exact) mass is 216 g/mol. The van der Waals surface area contributed by atoms with Crippen molar-refractivity contribution >= 4 is 16.9 Å². The fourth-order valence-corrected chi connectivity index (χ4v) is 1.67. The van der Waals surface area contributed by atoms with E-state index in [1.54, 1.807) is 0 Å². The van der Waals surface area contributed by atoms with Crippen LogP contribution >= 0.6 is 0 Å². The van der Waals surface area contributed by atoms with Gasteiger partial charge in [-0.1, -0.05) is 12.1 Å². The molecule has 1 N–H and O–H groups in total. The second-order valence-electron chi connectivity index (χ2n) is 3.82. The van der Waals surface area contributed by atoms with Gasteiger partial charge in [0.2, 0.25) is 0 Å². The first kappa shape index (κ1) is 10.5. The minimum absolute atomic E-state index is 0.134. The maximum absolute atomic E-state index is 10.6. The topological polar surface area (TPSA) is 63.1 Å². The fourth-order valence-electron chi connectivity index (χ4n) is 1.67. The van der Waals surface area contributed by atoms with Crippen molar-refractivity contribution in [2.24, 2.45) is 0 Å². The lowest BCUT2D eigenvalue weighted by Gasteiger charge is -2.04. The largest absolute Gasteiger partial charge is 0.481 e. The Labute approximate surface area is 93.0 Å². The predicted molar refractivity (Wildman–Crippen MR) is 60.4 cm³/mol. The van der Waals surface area contributed by atoms with E-state index >= 15 is 0 Å². The quantitative estimate of drug-likeness (QED) is 0.832. The van der Waals surface area contributed by atoms with E-state index in [2.05, 4.69) is 9.97 Å². The highest BCUT2D eigenvalue weighted by molar-refractivity contribution is 5.81. The molecule has 0 saturated carbocycles. The van der Waals surface area contributed by atoms with Crippen LogP contribution in [0.5, 0.6) is 0 Å². The van der Waals surface area contributed by atoms with Crippen molar-refractivity contribution in [3.8, 4) is 0 Å². The number of aliphatic carboxylic acids is 1. The molecule has 2 aromatic rings. The third-order valence-electron chi connectivity index (χ3n) is 2.40. The molecule has 0 radical (unpaired) electrons. The van der Waals surface area contributed by atoms with Crippen molar-refractivity contribution in [2.45, 2.75) is 20.3 Å². The SMILES string of the molecule is Cc1ccc2c(C)nc(CC(=O)O)nc2c1. The summed E-state index contributed by atoms with van der Waals surface area (Å²) < 4.78 is 0. The van der Waals surface area contributed by atoms with Crippen LogP contribution in [0, 0.1) is 13.8 Å². The summed E-state index contributed by atoms with van der Waals surface area (Å²) in [6.45, 7) is 3.85. The molecule has 0 bridgehead atoms. The van der Waals surface area contributed by atoms with Crippen molar-refractivity contribution in [1.82, 2.24) is 9.97 Å². The first-order valence-electron chi connectivity index (χ1n) is 5.02. The fraction of sp³-hybridized carbons (Fsp3) is 0.250. The third kappa shape index (κ3) is 2.00. The Morgan fingerprint density at radius 2 is 2.06 bits per heavy atom. The number of aromatic nitrogens is 2. The summed E-state index contributed by atoms with van der Waals surface area (Å²) in [7, 11) is 0. The number of aryl methyl sites for hydroxylation is 2. The van der Waals surface area contributed by atoms with Gasteiger partial charge in [0.05, 0.1) is 5.52 Å². The van der Waals surface area contributed by atoms with Crippen LogP contribution < -0.4 is 0 Å². The van der Waals surface area contributed by atoms with Gasteiger partial charge in [0.1, 0.15) is 12.2 Å². The van der Waals surface area contributed by atoms with Gasteiger partial charge in [-0.15, -0.1) is 0 Å². The number of nitrogens with zero attached hydrogens (tertiary/aromatic N) is 2. The smallest absolute Gasteiger partial charge is 0.311 e. The Hall–Kier alpha value is -1.97. The molecule has 0 amide bonds. The van der Waals surface area contributed by atoms with Crippen LogP contribution in [0.3, 0.4) is 0 Å². The zero-order valence-corrected chi connectivity index (χ0v) is 9.19. The highest BCUT2D eigenvalue weighted by Gasteiger charge is 2.07. The summed E-state index contributed by atoms with van der Waals surface area (Å²) in [5, 5.41) is 9.68. The Balaban J connectivity index is 2.60. The van der Waals surface area contributed by atoms with Gasteiger partial charge in [0, 0.05) is 11.1 Å². The zero-order chi connectivity index (χ0) is 11.7. The van der Waals surface area contributed by atoms with Gasteiger partial charge in [-0.3, -0.25) is 4.79 Å². The van der Waals surface area contributed by atoms with Crippen molar-refractivity contribution in [3.63, 3.8) is 0 Å². The summed E-state index contributed by atoms with van der Waals surface area (Å²) in [5.74, 6) is -0.547. The molecule has 0 aliphatic heterocycles. The molecule has 16 heavy (non-hydrogen) atoms. The highest BCUT2D eigenvalue weighted by Crippen LogP contribution is 2.16. The molecule has 1 aromatic carbocycles. The van der Waals surface area contributed by atoms with Crippen LogP contribution in [-0.2, 0) is 11.2 Å². The first-order valence-corrected chi connectivity index (χ1v) is 5.02. The van der Waals surface area contributed by atoms with Gasteiger partial charge in [0.15, 0.2) is 0 Å². The second-order valence-corrected chi connectivity index (χ2v) is 3.82. The summed E-state index contributed by atoms with van der Waals surface area (Å²) in [6, 6.07) is 5.90. The van der Waals surface area contributed by atoms with E-state index in [0.29, 0.717) is 5.82 Å². The number of rotatable bonds is 2. The van der Waals surface area contributed by atoms with E-state index in [-0.39, 0.29) is 6.42 Å².